The van der Waals surface area contributed by atoms with Gasteiger partial charge in [-0.3, -0.25) is 4.79 Å². The molecule has 7 nitrogen and oxygen atoms in total. The van der Waals surface area contributed by atoms with Crippen LogP contribution < -0.4 is 14.8 Å². The summed E-state index contributed by atoms with van der Waals surface area (Å²) in [5, 5.41) is 2.86. The largest absolute Gasteiger partial charge is 0.490 e. The smallest absolute Gasteiger partial charge is 0.243 e. The third kappa shape index (κ3) is 4.29. The quantitative estimate of drug-likeness (QED) is 0.804. The van der Waals surface area contributed by atoms with Gasteiger partial charge in [-0.25, -0.2) is 8.42 Å². The number of ether oxygens (including phenoxy) is 2. The zero-order valence-electron chi connectivity index (χ0n) is 17.0. The van der Waals surface area contributed by atoms with Crippen LogP contribution in [0.3, 0.4) is 0 Å². The standard InChI is InChI=1S/C22H26N2O5S/c1-16-6-9-18(10-7-16)30(26,27)24-12-3-2-5-19(24)22(25)23-17-8-11-20-21(15-17)29-14-4-13-28-20/h6-11,15,19H,2-5,12-14H2,1H3,(H,23,25). The fourth-order valence-corrected chi connectivity index (χ4v) is 5.42. The molecular formula is C22H26N2O5S. The van der Waals surface area contributed by atoms with E-state index in [0.29, 0.717) is 43.4 Å². The fraction of sp³-hybridized carbons (Fsp3) is 0.409. The van der Waals surface area contributed by atoms with Gasteiger partial charge in [0.2, 0.25) is 15.9 Å². The Bertz CT molecular complexity index is 1020. The van der Waals surface area contributed by atoms with Crippen LogP contribution in [0.2, 0.25) is 0 Å². The van der Waals surface area contributed by atoms with Crippen molar-refractivity contribution in [2.75, 3.05) is 25.1 Å². The maximum Gasteiger partial charge on any atom is 0.243 e. The van der Waals surface area contributed by atoms with Gasteiger partial charge >= 0.3 is 0 Å². The molecular weight excluding hydrogens is 404 g/mol. The SMILES string of the molecule is Cc1ccc(S(=O)(=O)N2CCCCC2C(=O)Nc2ccc3c(c2)OCCCO3)cc1. The normalized spacial score (nSPS) is 19.7. The molecule has 0 aromatic heterocycles. The number of piperidine rings is 1. The first-order valence-corrected chi connectivity index (χ1v) is 11.7. The van der Waals surface area contributed by atoms with Crippen molar-refractivity contribution in [2.45, 2.75) is 43.5 Å². The van der Waals surface area contributed by atoms with E-state index in [9.17, 15) is 13.2 Å². The molecule has 0 radical (unpaired) electrons. The molecule has 2 aliphatic heterocycles. The lowest BCUT2D eigenvalue weighted by Crippen LogP contribution is -2.49. The van der Waals surface area contributed by atoms with Crippen molar-refractivity contribution in [1.29, 1.82) is 0 Å². The topological polar surface area (TPSA) is 84.9 Å². The second kappa shape index (κ2) is 8.65. The van der Waals surface area contributed by atoms with Crippen molar-refractivity contribution in [1.82, 2.24) is 4.31 Å². The van der Waals surface area contributed by atoms with Crippen LogP contribution in [-0.2, 0) is 14.8 Å². The molecule has 1 fully saturated rings. The van der Waals surface area contributed by atoms with E-state index in [-0.39, 0.29) is 10.8 Å². The van der Waals surface area contributed by atoms with E-state index in [1.807, 2.05) is 6.92 Å². The summed E-state index contributed by atoms with van der Waals surface area (Å²) < 4.78 is 39.0. The van der Waals surface area contributed by atoms with Crippen LogP contribution in [0, 0.1) is 6.92 Å². The molecule has 30 heavy (non-hydrogen) atoms. The number of hydrogen-bond acceptors (Lipinski definition) is 5. The van der Waals surface area contributed by atoms with E-state index in [1.165, 1.54) is 4.31 Å². The first-order chi connectivity index (χ1) is 14.4. The lowest BCUT2D eigenvalue weighted by Gasteiger charge is -2.33. The number of carbonyl (C=O) groups excluding carboxylic acids is 1. The lowest BCUT2D eigenvalue weighted by atomic mass is 10.0. The predicted octanol–water partition coefficient (Wildman–Crippen LogP) is 3.34. The minimum Gasteiger partial charge on any atom is -0.490 e. The van der Waals surface area contributed by atoms with Gasteiger partial charge in [0.15, 0.2) is 11.5 Å². The van der Waals surface area contributed by atoms with Crippen LogP contribution in [0.1, 0.15) is 31.2 Å². The van der Waals surface area contributed by atoms with Crippen LogP contribution >= 0.6 is 0 Å². The Balaban J connectivity index is 1.55. The van der Waals surface area contributed by atoms with E-state index in [2.05, 4.69) is 5.32 Å². The number of sulfonamides is 1. The molecule has 2 aliphatic rings. The molecule has 2 heterocycles. The first-order valence-electron chi connectivity index (χ1n) is 10.2. The van der Waals surface area contributed by atoms with Gasteiger partial charge in [0.05, 0.1) is 18.1 Å². The van der Waals surface area contributed by atoms with E-state index in [0.717, 1.165) is 24.8 Å². The molecule has 2 aromatic carbocycles. The van der Waals surface area contributed by atoms with Crippen molar-refractivity contribution in [3.63, 3.8) is 0 Å². The van der Waals surface area contributed by atoms with Gasteiger partial charge < -0.3 is 14.8 Å². The van der Waals surface area contributed by atoms with Crippen LogP contribution in [0.25, 0.3) is 0 Å². The Hall–Kier alpha value is -2.58. The van der Waals surface area contributed by atoms with Gasteiger partial charge in [0.25, 0.3) is 0 Å². The van der Waals surface area contributed by atoms with Gasteiger partial charge in [-0.1, -0.05) is 24.1 Å². The summed E-state index contributed by atoms with van der Waals surface area (Å²) >= 11 is 0. The summed E-state index contributed by atoms with van der Waals surface area (Å²) in [4.78, 5) is 13.3. The molecule has 1 atom stereocenters. The Morgan fingerprint density at radius 1 is 1.00 bits per heavy atom. The molecule has 0 saturated carbocycles. The summed E-state index contributed by atoms with van der Waals surface area (Å²) in [6, 6.07) is 11.2. The molecule has 1 N–H and O–H groups in total. The summed E-state index contributed by atoms with van der Waals surface area (Å²) in [6.45, 7) is 3.38. The van der Waals surface area contributed by atoms with Crippen LogP contribution in [0.15, 0.2) is 47.4 Å². The zero-order chi connectivity index (χ0) is 21.1. The summed E-state index contributed by atoms with van der Waals surface area (Å²) in [7, 11) is -3.76. The number of fused-ring (bicyclic) bond motifs is 1. The summed E-state index contributed by atoms with van der Waals surface area (Å²) in [6.07, 6.45) is 2.82. The molecule has 0 bridgehead atoms. The second-order valence-electron chi connectivity index (χ2n) is 7.64. The number of nitrogens with one attached hydrogen (secondary N) is 1. The average Bonchev–Trinajstić information content (AvgIpc) is 2.99. The van der Waals surface area contributed by atoms with Gasteiger partial charge in [-0.05, 0) is 44.0 Å². The Labute approximate surface area is 177 Å². The lowest BCUT2D eigenvalue weighted by molar-refractivity contribution is -0.120. The molecule has 0 spiro atoms. The number of amides is 1. The van der Waals surface area contributed by atoms with Crippen molar-refractivity contribution in [2.24, 2.45) is 0 Å². The number of hydrogen-bond donors (Lipinski definition) is 1. The minimum absolute atomic E-state index is 0.211. The predicted molar refractivity (Wildman–Crippen MR) is 113 cm³/mol. The maximum atomic E-state index is 13.2. The molecule has 4 rings (SSSR count). The van der Waals surface area contributed by atoms with E-state index < -0.39 is 16.1 Å². The number of nitrogens with zero attached hydrogens (tertiary/aromatic N) is 1. The Kier molecular flexibility index (Phi) is 5.97. The summed E-state index contributed by atoms with van der Waals surface area (Å²) in [5.74, 6) is 0.893. The molecule has 160 valence electrons. The maximum absolute atomic E-state index is 13.2. The summed E-state index contributed by atoms with van der Waals surface area (Å²) in [5.41, 5.74) is 1.54. The Morgan fingerprint density at radius 2 is 1.73 bits per heavy atom. The van der Waals surface area contributed by atoms with Crippen molar-refractivity contribution in [3.05, 3.63) is 48.0 Å². The van der Waals surface area contributed by atoms with Crippen molar-refractivity contribution >= 4 is 21.6 Å². The van der Waals surface area contributed by atoms with E-state index in [1.54, 1.807) is 42.5 Å². The highest BCUT2D eigenvalue weighted by Gasteiger charge is 2.37. The van der Waals surface area contributed by atoms with Crippen molar-refractivity contribution in [3.8, 4) is 11.5 Å². The zero-order valence-corrected chi connectivity index (χ0v) is 17.8. The molecule has 1 saturated heterocycles. The third-order valence-corrected chi connectivity index (χ3v) is 7.32. The highest BCUT2D eigenvalue weighted by atomic mass is 32.2. The number of carbonyl (C=O) groups is 1. The molecule has 0 aliphatic carbocycles. The van der Waals surface area contributed by atoms with Crippen LogP contribution in [-0.4, -0.2) is 44.4 Å². The van der Waals surface area contributed by atoms with E-state index in [4.69, 9.17) is 9.47 Å². The monoisotopic (exact) mass is 430 g/mol. The van der Waals surface area contributed by atoms with Crippen LogP contribution in [0.4, 0.5) is 5.69 Å². The minimum atomic E-state index is -3.76. The Morgan fingerprint density at radius 3 is 2.50 bits per heavy atom. The average molecular weight is 431 g/mol. The molecule has 2 aromatic rings. The molecule has 1 amide bonds. The first kappa shape index (κ1) is 20.7. The van der Waals surface area contributed by atoms with Gasteiger partial charge in [0.1, 0.15) is 6.04 Å². The van der Waals surface area contributed by atoms with Gasteiger partial charge in [0, 0.05) is 24.7 Å². The number of anilines is 1. The molecule has 8 heteroatoms. The second-order valence-corrected chi connectivity index (χ2v) is 9.53. The number of aryl methyl sites for hydroxylation is 1. The van der Waals surface area contributed by atoms with E-state index >= 15 is 0 Å². The van der Waals surface area contributed by atoms with Crippen LogP contribution in [0.5, 0.6) is 11.5 Å². The number of rotatable bonds is 4. The fourth-order valence-electron chi connectivity index (χ4n) is 3.77. The third-order valence-electron chi connectivity index (χ3n) is 5.40. The highest BCUT2D eigenvalue weighted by molar-refractivity contribution is 7.89. The van der Waals surface area contributed by atoms with Gasteiger partial charge in [-0.15, -0.1) is 0 Å². The number of benzene rings is 2. The molecule has 1 unspecified atom stereocenters. The van der Waals surface area contributed by atoms with Crippen molar-refractivity contribution < 1.29 is 22.7 Å². The van der Waals surface area contributed by atoms with Gasteiger partial charge in [-0.2, -0.15) is 4.31 Å². The highest BCUT2D eigenvalue weighted by Crippen LogP contribution is 2.33.